The molecule has 1 atom stereocenters. The SMILES string of the molecule is CC(C)c1ccc([C@H]2SCC(=O)Nc3c2c(=O)[nH]n3C2CCOCC2)cc1. The Morgan fingerprint density at radius 3 is 2.52 bits per heavy atom. The lowest BCUT2D eigenvalue weighted by atomic mass is 9.99. The van der Waals surface area contributed by atoms with Gasteiger partial charge < -0.3 is 10.1 Å². The van der Waals surface area contributed by atoms with E-state index in [0.29, 0.717) is 36.3 Å². The van der Waals surface area contributed by atoms with Crippen molar-refractivity contribution in [2.24, 2.45) is 0 Å². The van der Waals surface area contributed by atoms with Crippen LogP contribution >= 0.6 is 11.8 Å². The predicted octanol–water partition coefficient (Wildman–Crippen LogP) is 3.43. The van der Waals surface area contributed by atoms with Gasteiger partial charge in [-0.3, -0.25) is 19.4 Å². The summed E-state index contributed by atoms with van der Waals surface area (Å²) in [5, 5.41) is 5.79. The van der Waals surface area contributed by atoms with E-state index in [-0.39, 0.29) is 22.8 Å². The maximum absolute atomic E-state index is 12.9. The molecule has 27 heavy (non-hydrogen) atoms. The summed E-state index contributed by atoms with van der Waals surface area (Å²) >= 11 is 1.51. The Hall–Kier alpha value is -1.99. The molecule has 1 fully saturated rings. The van der Waals surface area contributed by atoms with Gasteiger partial charge in [0.2, 0.25) is 5.91 Å². The van der Waals surface area contributed by atoms with Gasteiger partial charge in [0.1, 0.15) is 5.82 Å². The average Bonchev–Trinajstić information content (AvgIpc) is 2.88. The molecule has 0 unspecified atom stereocenters. The monoisotopic (exact) mass is 387 g/mol. The molecular weight excluding hydrogens is 362 g/mol. The van der Waals surface area contributed by atoms with Crippen molar-refractivity contribution >= 4 is 23.5 Å². The molecule has 2 aliphatic heterocycles. The second-order valence-electron chi connectivity index (χ2n) is 7.48. The van der Waals surface area contributed by atoms with Gasteiger partial charge in [0.05, 0.1) is 22.6 Å². The minimum Gasteiger partial charge on any atom is -0.381 e. The van der Waals surface area contributed by atoms with Gasteiger partial charge in [-0.15, -0.1) is 11.8 Å². The number of nitrogens with zero attached hydrogens (tertiary/aromatic N) is 1. The van der Waals surface area contributed by atoms with E-state index in [0.717, 1.165) is 18.4 Å². The van der Waals surface area contributed by atoms with Crippen molar-refractivity contribution in [3.05, 3.63) is 51.3 Å². The van der Waals surface area contributed by atoms with Crippen LogP contribution in [0, 0.1) is 0 Å². The molecule has 2 N–H and O–H groups in total. The molecule has 0 saturated carbocycles. The van der Waals surface area contributed by atoms with Gasteiger partial charge in [0.25, 0.3) is 5.56 Å². The Bertz CT molecular complexity index is 879. The highest BCUT2D eigenvalue weighted by Crippen LogP contribution is 2.41. The maximum atomic E-state index is 12.9. The lowest BCUT2D eigenvalue weighted by Crippen LogP contribution is -2.24. The fourth-order valence-electron chi connectivity index (χ4n) is 3.78. The molecule has 1 aromatic carbocycles. The van der Waals surface area contributed by atoms with Crippen LogP contribution < -0.4 is 10.9 Å². The van der Waals surface area contributed by atoms with Crippen molar-refractivity contribution in [1.29, 1.82) is 0 Å². The smallest absolute Gasteiger partial charge is 0.270 e. The normalized spacial score (nSPS) is 21.0. The summed E-state index contributed by atoms with van der Waals surface area (Å²) in [6.07, 6.45) is 1.65. The number of thioether (sulfide) groups is 1. The first kappa shape index (κ1) is 18.4. The topological polar surface area (TPSA) is 76.1 Å². The van der Waals surface area contributed by atoms with Crippen molar-refractivity contribution in [1.82, 2.24) is 9.78 Å². The third kappa shape index (κ3) is 3.58. The number of fused-ring (bicyclic) bond motifs is 1. The van der Waals surface area contributed by atoms with Crippen molar-refractivity contribution in [2.75, 3.05) is 24.3 Å². The molecular formula is C20H25N3O3S. The first-order valence-electron chi connectivity index (χ1n) is 9.48. The third-order valence-electron chi connectivity index (χ3n) is 5.33. The fraction of sp³-hybridized carbons (Fsp3) is 0.500. The molecule has 2 aromatic rings. The minimum atomic E-state index is -0.162. The van der Waals surface area contributed by atoms with Crippen LogP contribution in [0.3, 0.4) is 0 Å². The summed E-state index contributed by atoms with van der Waals surface area (Å²) in [6, 6.07) is 8.53. The summed E-state index contributed by atoms with van der Waals surface area (Å²) in [4.78, 5) is 25.2. The fourth-order valence-corrected chi connectivity index (χ4v) is 4.91. The molecule has 0 bridgehead atoms. The Morgan fingerprint density at radius 1 is 1.15 bits per heavy atom. The van der Waals surface area contributed by atoms with Crippen LogP contribution in [-0.4, -0.2) is 34.7 Å². The number of aromatic nitrogens is 2. The number of hydrogen-bond donors (Lipinski definition) is 2. The number of benzene rings is 1. The summed E-state index contributed by atoms with van der Waals surface area (Å²) in [5.74, 6) is 1.35. The Labute approximate surface area is 162 Å². The highest BCUT2D eigenvalue weighted by atomic mass is 32.2. The average molecular weight is 388 g/mol. The minimum absolute atomic E-state index is 0.0673. The van der Waals surface area contributed by atoms with Gasteiger partial charge in [-0.2, -0.15) is 0 Å². The molecule has 0 spiro atoms. The van der Waals surface area contributed by atoms with Gasteiger partial charge >= 0.3 is 0 Å². The summed E-state index contributed by atoms with van der Waals surface area (Å²) in [6.45, 7) is 5.66. The largest absolute Gasteiger partial charge is 0.381 e. The maximum Gasteiger partial charge on any atom is 0.270 e. The second kappa shape index (κ2) is 7.56. The number of amides is 1. The molecule has 1 saturated heterocycles. The molecule has 2 aliphatic rings. The number of nitrogens with one attached hydrogen (secondary N) is 2. The van der Waals surface area contributed by atoms with Crippen LogP contribution in [0.1, 0.15) is 60.6 Å². The van der Waals surface area contributed by atoms with E-state index in [9.17, 15) is 9.59 Å². The molecule has 1 aromatic heterocycles. The second-order valence-corrected chi connectivity index (χ2v) is 8.57. The van der Waals surface area contributed by atoms with E-state index in [1.54, 1.807) is 0 Å². The van der Waals surface area contributed by atoms with Gasteiger partial charge in [-0.05, 0) is 29.9 Å². The van der Waals surface area contributed by atoms with Crippen molar-refractivity contribution in [3.8, 4) is 0 Å². The van der Waals surface area contributed by atoms with Crippen molar-refractivity contribution in [2.45, 2.75) is 43.9 Å². The number of aromatic amines is 1. The van der Waals surface area contributed by atoms with Gasteiger partial charge in [-0.25, -0.2) is 0 Å². The first-order chi connectivity index (χ1) is 13.0. The highest BCUT2D eigenvalue weighted by molar-refractivity contribution is 8.00. The lowest BCUT2D eigenvalue weighted by Gasteiger charge is -2.25. The summed E-state index contributed by atoms with van der Waals surface area (Å²) in [7, 11) is 0. The van der Waals surface area contributed by atoms with E-state index >= 15 is 0 Å². The molecule has 7 heteroatoms. The van der Waals surface area contributed by atoms with Gasteiger partial charge in [0, 0.05) is 13.2 Å². The van der Waals surface area contributed by atoms with E-state index in [1.807, 2.05) is 4.68 Å². The zero-order valence-electron chi connectivity index (χ0n) is 15.7. The molecule has 144 valence electrons. The Kier molecular flexibility index (Phi) is 5.14. The number of rotatable bonds is 3. The van der Waals surface area contributed by atoms with Gasteiger partial charge in [0.15, 0.2) is 0 Å². The predicted molar refractivity (Wildman–Crippen MR) is 108 cm³/mol. The molecule has 1 amide bonds. The number of carbonyl (C=O) groups excluding carboxylic acids is 1. The van der Waals surface area contributed by atoms with Gasteiger partial charge in [-0.1, -0.05) is 38.1 Å². The third-order valence-corrected chi connectivity index (χ3v) is 6.60. The molecule has 0 aliphatic carbocycles. The Balaban J connectivity index is 1.76. The molecule has 3 heterocycles. The van der Waals surface area contributed by atoms with Crippen molar-refractivity contribution in [3.63, 3.8) is 0 Å². The van der Waals surface area contributed by atoms with Crippen LogP contribution in [0.4, 0.5) is 5.82 Å². The van der Waals surface area contributed by atoms with Crippen LogP contribution in [0.25, 0.3) is 0 Å². The van der Waals surface area contributed by atoms with E-state index < -0.39 is 0 Å². The lowest BCUT2D eigenvalue weighted by molar-refractivity contribution is -0.113. The zero-order chi connectivity index (χ0) is 19.0. The van der Waals surface area contributed by atoms with Crippen molar-refractivity contribution < 1.29 is 9.53 Å². The molecule has 4 rings (SSSR count). The van der Waals surface area contributed by atoms with E-state index in [4.69, 9.17) is 4.74 Å². The van der Waals surface area contributed by atoms with E-state index in [1.165, 1.54) is 17.3 Å². The quantitative estimate of drug-likeness (QED) is 0.846. The Morgan fingerprint density at radius 2 is 1.85 bits per heavy atom. The number of hydrogen-bond acceptors (Lipinski definition) is 4. The number of ether oxygens (including phenoxy) is 1. The summed E-state index contributed by atoms with van der Waals surface area (Å²) in [5.41, 5.74) is 2.84. The number of carbonyl (C=O) groups is 1. The van der Waals surface area contributed by atoms with Crippen LogP contribution in [0.15, 0.2) is 29.1 Å². The molecule has 6 nitrogen and oxygen atoms in total. The number of H-pyrrole nitrogens is 1. The highest BCUT2D eigenvalue weighted by Gasteiger charge is 2.32. The number of anilines is 1. The van der Waals surface area contributed by atoms with E-state index in [2.05, 4.69) is 48.5 Å². The van der Waals surface area contributed by atoms with Crippen LogP contribution in [0.2, 0.25) is 0 Å². The molecule has 0 radical (unpaired) electrons. The first-order valence-corrected chi connectivity index (χ1v) is 10.5. The summed E-state index contributed by atoms with van der Waals surface area (Å²) < 4.78 is 7.30. The zero-order valence-corrected chi connectivity index (χ0v) is 16.5. The standard InChI is InChI=1S/C20H25N3O3S/c1-12(2)13-3-5-14(6-4-13)18-17-19(21-16(24)11-27-18)23(22-20(17)25)15-7-9-26-10-8-15/h3-6,12,15,18H,7-11H2,1-2H3,(H,21,24)(H,22,25)/t18-/m1/s1. The van der Waals surface area contributed by atoms with Crippen LogP contribution in [-0.2, 0) is 9.53 Å². The van der Waals surface area contributed by atoms with Crippen LogP contribution in [0.5, 0.6) is 0 Å².